The van der Waals surface area contributed by atoms with Gasteiger partial charge in [0.1, 0.15) is 0 Å². The minimum Gasteiger partial charge on any atom is -0.324 e. The highest BCUT2D eigenvalue weighted by Gasteiger charge is 2.09. The molecule has 1 aromatic rings. The maximum atomic E-state index is 5.91. The van der Waals surface area contributed by atoms with E-state index in [4.69, 9.17) is 17.3 Å². The number of hydrogen-bond donors (Lipinski definition) is 1. The third-order valence-corrected chi connectivity index (χ3v) is 3.08. The van der Waals surface area contributed by atoms with Gasteiger partial charge in [-0.1, -0.05) is 35.4 Å². The second kappa shape index (κ2) is 4.82. The van der Waals surface area contributed by atoms with Gasteiger partial charge in [-0.2, -0.15) is 0 Å². The molecule has 0 bridgehead atoms. The number of hydrogen-bond acceptors (Lipinski definition) is 1. The van der Waals surface area contributed by atoms with E-state index >= 15 is 0 Å². The molecular formula is C13H16ClN. The summed E-state index contributed by atoms with van der Waals surface area (Å²) in [7, 11) is 0. The van der Waals surface area contributed by atoms with Crippen molar-refractivity contribution in [3.05, 3.63) is 46.5 Å². The summed E-state index contributed by atoms with van der Waals surface area (Å²) < 4.78 is 0. The molecule has 1 aliphatic carbocycles. The largest absolute Gasteiger partial charge is 0.324 e. The van der Waals surface area contributed by atoms with Crippen molar-refractivity contribution in [2.75, 3.05) is 0 Å². The summed E-state index contributed by atoms with van der Waals surface area (Å²) in [5, 5.41) is 0.799. The van der Waals surface area contributed by atoms with Gasteiger partial charge < -0.3 is 5.73 Å². The zero-order valence-electron chi connectivity index (χ0n) is 8.75. The Labute approximate surface area is 95.9 Å². The molecule has 0 saturated heterocycles. The Morgan fingerprint density at radius 1 is 1.27 bits per heavy atom. The average molecular weight is 222 g/mol. The molecule has 1 unspecified atom stereocenters. The van der Waals surface area contributed by atoms with E-state index in [2.05, 4.69) is 18.2 Å². The van der Waals surface area contributed by atoms with Gasteiger partial charge in [0.25, 0.3) is 0 Å². The lowest BCUT2D eigenvalue weighted by atomic mass is 9.92. The molecule has 2 N–H and O–H groups in total. The van der Waals surface area contributed by atoms with Crippen molar-refractivity contribution in [1.29, 1.82) is 0 Å². The molecule has 2 rings (SSSR count). The fraction of sp³-hybridized carbons (Fsp3) is 0.385. The highest BCUT2D eigenvalue weighted by atomic mass is 35.5. The van der Waals surface area contributed by atoms with Crippen molar-refractivity contribution < 1.29 is 0 Å². The van der Waals surface area contributed by atoms with Crippen LogP contribution in [0.5, 0.6) is 0 Å². The molecule has 0 aliphatic heterocycles. The number of rotatable bonds is 2. The molecular weight excluding hydrogens is 206 g/mol. The van der Waals surface area contributed by atoms with E-state index in [9.17, 15) is 0 Å². The zero-order chi connectivity index (χ0) is 10.7. The van der Waals surface area contributed by atoms with E-state index < -0.39 is 0 Å². The summed E-state index contributed by atoms with van der Waals surface area (Å²) in [5.41, 5.74) is 8.69. The van der Waals surface area contributed by atoms with Crippen LogP contribution in [0.2, 0.25) is 5.02 Å². The van der Waals surface area contributed by atoms with Gasteiger partial charge in [0, 0.05) is 11.1 Å². The summed E-state index contributed by atoms with van der Waals surface area (Å²) in [6.07, 6.45) is 6.78. The fourth-order valence-corrected chi connectivity index (χ4v) is 2.17. The van der Waals surface area contributed by atoms with E-state index in [1.54, 1.807) is 0 Å². The summed E-state index contributed by atoms with van der Waals surface area (Å²) >= 11 is 5.84. The molecule has 80 valence electrons. The SMILES string of the molecule is NC1C=C(Cc2ccc(Cl)cc2)CCC1. The molecule has 0 aromatic heterocycles. The predicted octanol–water partition coefficient (Wildman–Crippen LogP) is 3.32. The highest BCUT2D eigenvalue weighted by molar-refractivity contribution is 6.30. The Bertz CT molecular complexity index is 353. The van der Waals surface area contributed by atoms with E-state index in [0.717, 1.165) is 17.9 Å². The van der Waals surface area contributed by atoms with Crippen LogP contribution in [0.4, 0.5) is 0 Å². The molecule has 0 radical (unpaired) electrons. The molecule has 0 heterocycles. The van der Waals surface area contributed by atoms with E-state index in [-0.39, 0.29) is 6.04 Å². The van der Waals surface area contributed by atoms with Crippen molar-refractivity contribution in [3.63, 3.8) is 0 Å². The van der Waals surface area contributed by atoms with Gasteiger partial charge in [0.15, 0.2) is 0 Å². The van der Waals surface area contributed by atoms with E-state index in [0.29, 0.717) is 0 Å². The second-order valence-electron chi connectivity index (χ2n) is 4.18. The Kier molecular flexibility index (Phi) is 3.45. The van der Waals surface area contributed by atoms with Crippen LogP contribution in [0.15, 0.2) is 35.9 Å². The molecule has 0 amide bonds. The first-order chi connectivity index (χ1) is 7.24. The van der Waals surface area contributed by atoms with Crippen molar-refractivity contribution >= 4 is 11.6 Å². The van der Waals surface area contributed by atoms with Crippen LogP contribution in [-0.2, 0) is 6.42 Å². The second-order valence-corrected chi connectivity index (χ2v) is 4.62. The van der Waals surface area contributed by atoms with Crippen LogP contribution in [-0.4, -0.2) is 6.04 Å². The minimum absolute atomic E-state index is 0.265. The molecule has 0 spiro atoms. The minimum atomic E-state index is 0.265. The van der Waals surface area contributed by atoms with Gasteiger partial charge in [-0.05, 0) is 43.4 Å². The monoisotopic (exact) mass is 221 g/mol. The maximum Gasteiger partial charge on any atom is 0.0406 e. The molecule has 15 heavy (non-hydrogen) atoms. The molecule has 1 aromatic carbocycles. The topological polar surface area (TPSA) is 26.0 Å². The van der Waals surface area contributed by atoms with Gasteiger partial charge >= 0.3 is 0 Å². The number of benzene rings is 1. The normalized spacial score (nSPS) is 21.2. The van der Waals surface area contributed by atoms with Crippen molar-refractivity contribution in [2.24, 2.45) is 5.73 Å². The lowest BCUT2D eigenvalue weighted by Crippen LogP contribution is -2.20. The molecule has 0 fully saturated rings. The van der Waals surface area contributed by atoms with Crippen LogP contribution in [0.25, 0.3) is 0 Å². The number of allylic oxidation sites excluding steroid dienone is 1. The Morgan fingerprint density at radius 2 is 2.00 bits per heavy atom. The van der Waals surface area contributed by atoms with Crippen LogP contribution in [0, 0.1) is 0 Å². The lowest BCUT2D eigenvalue weighted by molar-refractivity contribution is 0.617. The van der Waals surface area contributed by atoms with Gasteiger partial charge in [-0.15, -0.1) is 0 Å². The van der Waals surface area contributed by atoms with Gasteiger partial charge in [0.2, 0.25) is 0 Å². The zero-order valence-corrected chi connectivity index (χ0v) is 9.50. The Morgan fingerprint density at radius 3 is 2.67 bits per heavy atom. The van der Waals surface area contributed by atoms with Gasteiger partial charge in [-0.25, -0.2) is 0 Å². The smallest absolute Gasteiger partial charge is 0.0406 e. The fourth-order valence-electron chi connectivity index (χ4n) is 2.05. The Hall–Kier alpha value is -0.790. The molecule has 0 saturated carbocycles. The third-order valence-electron chi connectivity index (χ3n) is 2.83. The molecule has 1 atom stereocenters. The van der Waals surface area contributed by atoms with Gasteiger partial charge in [-0.3, -0.25) is 0 Å². The Balaban J connectivity index is 2.05. The first-order valence-corrected chi connectivity index (χ1v) is 5.81. The van der Waals surface area contributed by atoms with Crippen LogP contribution in [0.1, 0.15) is 24.8 Å². The predicted molar refractivity (Wildman–Crippen MR) is 65.1 cm³/mol. The van der Waals surface area contributed by atoms with Gasteiger partial charge in [0.05, 0.1) is 0 Å². The first-order valence-electron chi connectivity index (χ1n) is 5.43. The highest BCUT2D eigenvalue weighted by Crippen LogP contribution is 2.21. The standard InChI is InChI=1S/C13H16ClN/c14-12-6-4-10(5-7-12)8-11-2-1-3-13(15)9-11/h4-7,9,13H,1-3,8,15H2. The van der Waals surface area contributed by atoms with Crippen LogP contribution < -0.4 is 5.73 Å². The molecule has 1 aliphatic rings. The quantitative estimate of drug-likeness (QED) is 0.762. The van der Waals surface area contributed by atoms with Crippen molar-refractivity contribution in [3.8, 4) is 0 Å². The lowest BCUT2D eigenvalue weighted by Gasteiger charge is -2.17. The molecule has 2 heteroatoms. The van der Waals surface area contributed by atoms with E-state index in [1.165, 1.54) is 24.0 Å². The maximum absolute atomic E-state index is 5.91. The third kappa shape index (κ3) is 3.08. The summed E-state index contributed by atoms with van der Waals surface area (Å²) in [5.74, 6) is 0. The first kappa shape index (κ1) is 10.7. The summed E-state index contributed by atoms with van der Waals surface area (Å²) in [6.45, 7) is 0. The number of nitrogens with two attached hydrogens (primary N) is 1. The average Bonchev–Trinajstić information content (AvgIpc) is 2.22. The van der Waals surface area contributed by atoms with Crippen LogP contribution >= 0.6 is 11.6 Å². The summed E-state index contributed by atoms with van der Waals surface area (Å²) in [6, 6.07) is 8.33. The van der Waals surface area contributed by atoms with E-state index in [1.807, 2.05) is 12.1 Å². The summed E-state index contributed by atoms with van der Waals surface area (Å²) in [4.78, 5) is 0. The molecule has 1 nitrogen and oxygen atoms in total. The van der Waals surface area contributed by atoms with Crippen LogP contribution in [0.3, 0.4) is 0 Å². The van der Waals surface area contributed by atoms with Crippen molar-refractivity contribution in [1.82, 2.24) is 0 Å². The van der Waals surface area contributed by atoms with Crippen molar-refractivity contribution in [2.45, 2.75) is 31.7 Å². The number of halogens is 1.